The van der Waals surface area contributed by atoms with Crippen molar-refractivity contribution in [3.63, 3.8) is 0 Å². The number of amides is 1. The lowest BCUT2D eigenvalue weighted by Gasteiger charge is -2.07. The molecule has 1 aromatic carbocycles. The molecule has 2 aromatic heterocycles. The minimum atomic E-state index is -0.117. The van der Waals surface area contributed by atoms with Crippen LogP contribution in [0.3, 0.4) is 0 Å². The number of nitrogens with zero attached hydrogens (tertiary/aromatic N) is 1. The highest BCUT2D eigenvalue weighted by atomic mass is 32.1. The van der Waals surface area contributed by atoms with Gasteiger partial charge in [0.2, 0.25) is 5.91 Å². The van der Waals surface area contributed by atoms with Gasteiger partial charge in [0.1, 0.15) is 0 Å². The van der Waals surface area contributed by atoms with Crippen LogP contribution in [0.1, 0.15) is 11.1 Å². The van der Waals surface area contributed by atoms with E-state index in [-0.39, 0.29) is 5.91 Å². The van der Waals surface area contributed by atoms with E-state index in [4.69, 9.17) is 0 Å². The quantitative estimate of drug-likeness (QED) is 0.718. The monoisotopic (exact) mass is 320 g/mol. The fourth-order valence-corrected chi connectivity index (χ4v) is 2.86. The normalized spacial score (nSPS) is 10.8. The summed E-state index contributed by atoms with van der Waals surface area (Å²) in [6.07, 6.45) is 5.13. The predicted octanol–water partition coefficient (Wildman–Crippen LogP) is 4.14. The fraction of sp³-hybridized carbons (Fsp3) is 0.0526. The minimum absolute atomic E-state index is 0.117. The van der Waals surface area contributed by atoms with Gasteiger partial charge in [-0.25, -0.2) is 0 Å². The number of nitrogens with one attached hydrogen (secondary N) is 1. The SMILES string of the molecule is O=C(C=Cc1ccccc1)NCc1cccnc1-c1ccsc1. The molecule has 1 N–H and O–H groups in total. The summed E-state index contributed by atoms with van der Waals surface area (Å²) in [5.74, 6) is -0.117. The van der Waals surface area contributed by atoms with Gasteiger partial charge in [0.05, 0.1) is 5.69 Å². The van der Waals surface area contributed by atoms with Crippen molar-refractivity contribution < 1.29 is 4.79 Å². The number of thiophene rings is 1. The zero-order valence-electron chi connectivity index (χ0n) is 12.5. The maximum Gasteiger partial charge on any atom is 0.244 e. The molecule has 23 heavy (non-hydrogen) atoms. The summed E-state index contributed by atoms with van der Waals surface area (Å²) in [6, 6.07) is 15.7. The van der Waals surface area contributed by atoms with Crippen LogP contribution in [0.2, 0.25) is 0 Å². The van der Waals surface area contributed by atoms with Gasteiger partial charge in [-0.15, -0.1) is 0 Å². The van der Waals surface area contributed by atoms with E-state index < -0.39 is 0 Å². The molecule has 0 radical (unpaired) electrons. The van der Waals surface area contributed by atoms with Crippen LogP contribution in [-0.2, 0) is 11.3 Å². The molecule has 114 valence electrons. The number of pyridine rings is 1. The van der Waals surface area contributed by atoms with Gasteiger partial charge < -0.3 is 5.32 Å². The smallest absolute Gasteiger partial charge is 0.244 e. The van der Waals surface area contributed by atoms with Crippen molar-refractivity contribution in [2.75, 3.05) is 0 Å². The second-order valence-corrected chi connectivity index (χ2v) is 5.77. The zero-order valence-corrected chi connectivity index (χ0v) is 13.3. The molecular formula is C19H16N2OS. The molecule has 0 aliphatic heterocycles. The van der Waals surface area contributed by atoms with Crippen LogP contribution >= 0.6 is 11.3 Å². The Kier molecular flexibility index (Phi) is 4.96. The van der Waals surface area contributed by atoms with Crippen molar-refractivity contribution in [3.8, 4) is 11.3 Å². The van der Waals surface area contributed by atoms with Crippen LogP contribution < -0.4 is 5.32 Å². The number of carbonyl (C=O) groups is 1. The third-order valence-electron chi connectivity index (χ3n) is 3.37. The molecule has 1 amide bonds. The van der Waals surface area contributed by atoms with Crippen LogP contribution in [-0.4, -0.2) is 10.9 Å². The van der Waals surface area contributed by atoms with Gasteiger partial charge in [0.15, 0.2) is 0 Å². The molecule has 0 unspecified atom stereocenters. The van der Waals surface area contributed by atoms with Crippen molar-refractivity contribution >= 4 is 23.3 Å². The Morgan fingerprint density at radius 3 is 2.78 bits per heavy atom. The van der Waals surface area contributed by atoms with Crippen LogP contribution in [0.25, 0.3) is 17.3 Å². The lowest BCUT2D eigenvalue weighted by atomic mass is 10.1. The highest BCUT2D eigenvalue weighted by Gasteiger charge is 2.07. The Hall–Kier alpha value is -2.72. The molecule has 0 aliphatic rings. The molecule has 0 saturated heterocycles. The van der Waals surface area contributed by atoms with Gasteiger partial charge in [0, 0.05) is 29.8 Å². The Balaban J connectivity index is 1.65. The van der Waals surface area contributed by atoms with Gasteiger partial charge in [0.25, 0.3) is 0 Å². The van der Waals surface area contributed by atoms with Crippen molar-refractivity contribution in [2.24, 2.45) is 0 Å². The Bertz CT molecular complexity index is 795. The van der Waals surface area contributed by atoms with E-state index in [2.05, 4.69) is 15.7 Å². The van der Waals surface area contributed by atoms with Crippen LogP contribution in [0, 0.1) is 0 Å². The third-order valence-corrected chi connectivity index (χ3v) is 4.05. The molecular weight excluding hydrogens is 304 g/mol. The van der Waals surface area contributed by atoms with Crippen molar-refractivity contribution in [3.05, 3.63) is 82.7 Å². The molecule has 0 fully saturated rings. The summed E-state index contributed by atoms with van der Waals surface area (Å²) in [7, 11) is 0. The summed E-state index contributed by atoms with van der Waals surface area (Å²) < 4.78 is 0. The summed E-state index contributed by atoms with van der Waals surface area (Å²) in [5.41, 5.74) is 4.01. The summed E-state index contributed by atoms with van der Waals surface area (Å²) >= 11 is 1.63. The number of hydrogen-bond acceptors (Lipinski definition) is 3. The zero-order chi connectivity index (χ0) is 15.9. The van der Waals surface area contributed by atoms with Crippen LogP contribution in [0.5, 0.6) is 0 Å². The minimum Gasteiger partial charge on any atom is -0.348 e. The largest absolute Gasteiger partial charge is 0.348 e. The second kappa shape index (κ2) is 7.51. The Labute approximate surface area is 139 Å². The Morgan fingerprint density at radius 1 is 1.13 bits per heavy atom. The number of aromatic nitrogens is 1. The first kappa shape index (κ1) is 15.2. The molecule has 0 atom stereocenters. The van der Waals surface area contributed by atoms with Gasteiger partial charge in [-0.2, -0.15) is 11.3 Å². The summed E-state index contributed by atoms with van der Waals surface area (Å²) in [6.45, 7) is 0.455. The number of rotatable bonds is 5. The summed E-state index contributed by atoms with van der Waals surface area (Å²) in [5, 5.41) is 6.99. The fourth-order valence-electron chi connectivity index (χ4n) is 2.22. The number of carbonyl (C=O) groups excluding carboxylic acids is 1. The molecule has 3 aromatic rings. The first-order valence-corrected chi connectivity index (χ1v) is 8.24. The maximum atomic E-state index is 12.0. The van der Waals surface area contributed by atoms with Crippen molar-refractivity contribution in [1.82, 2.24) is 10.3 Å². The average molecular weight is 320 g/mol. The van der Waals surface area contributed by atoms with Gasteiger partial charge in [-0.1, -0.05) is 36.4 Å². The highest BCUT2D eigenvalue weighted by Crippen LogP contribution is 2.23. The lowest BCUT2D eigenvalue weighted by Crippen LogP contribution is -2.20. The maximum absolute atomic E-state index is 12.0. The molecule has 3 nitrogen and oxygen atoms in total. The van der Waals surface area contributed by atoms with E-state index in [1.54, 1.807) is 29.7 Å². The van der Waals surface area contributed by atoms with Crippen molar-refractivity contribution in [1.29, 1.82) is 0 Å². The van der Waals surface area contributed by atoms with Crippen LogP contribution in [0.15, 0.2) is 71.6 Å². The molecule has 2 heterocycles. The summed E-state index contributed by atoms with van der Waals surface area (Å²) in [4.78, 5) is 16.4. The van der Waals surface area contributed by atoms with E-state index in [9.17, 15) is 4.79 Å². The average Bonchev–Trinajstić information content (AvgIpc) is 3.14. The van der Waals surface area contributed by atoms with Crippen molar-refractivity contribution in [2.45, 2.75) is 6.54 Å². The molecule has 0 saturated carbocycles. The van der Waals surface area contributed by atoms with E-state index in [0.29, 0.717) is 6.54 Å². The van der Waals surface area contributed by atoms with Gasteiger partial charge >= 0.3 is 0 Å². The topological polar surface area (TPSA) is 42.0 Å². The molecule has 0 bridgehead atoms. The third kappa shape index (κ3) is 4.14. The van der Waals surface area contributed by atoms with E-state index >= 15 is 0 Å². The lowest BCUT2D eigenvalue weighted by molar-refractivity contribution is -0.116. The predicted molar refractivity (Wildman–Crippen MR) is 94.9 cm³/mol. The van der Waals surface area contributed by atoms with Gasteiger partial charge in [-0.3, -0.25) is 9.78 Å². The number of hydrogen-bond donors (Lipinski definition) is 1. The van der Waals surface area contributed by atoms with E-state index in [1.807, 2.05) is 53.9 Å². The second-order valence-electron chi connectivity index (χ2n) is 4.98. The van der Waals surface area contributed by atoms with Crippen LogP contribution in [0.4, 0.5) is 0 Å². The molecule has 4 heteroatoms. The highest BCUT2D eigenvalue weighted by molar-refractivity contribution is 7.08. The standard InChI is InChI=1S/C19H16N2OS/c22-18(9-8-15-5-2-1-3-6-15)21-13-16-7-4-11-20-19(16)17-10-12-23-14-17/h1-12,14H,13H2,(H,21,22). The van der Waals surface area contributed by atoms with E-state index in [1.165, 1.54) is 0 Å². The van der Waals surface area contributed by atoms with Gasteiger partial charge in [-0.05, 0) is 34.7 Å². The molecule has 0 aliphatic carbocycles. The Morgan fingerprint density at radius 2 is 2.00 bits per heavy atom. The number of benzene rings is 1. The molecule has 3 rings (SSSR count). The first-order valence-electron chi connectivity index (χ1n) is 7.30. The van der Waals surface area contributed by atoms with E-state index in [0.717, 1.165) is 22.4 Å². The molecule has 0 spiro atoms. The first-order chi connectivity index (χ1) is 11.3.